The van der Waals surface area contributed by atoms with Crippen molar-refractivity contribution in [3.8, 4) is 0 Å². The lowest BCUT2D eigenvalue weighted by Gasteiger charge is -2.30. The predicted molar refractivity (Wildman–Crippen MR) is 197 cm³/mol. The van der Waals surface area contributed by atoms with Gasteiger partial charge in [-0.2, -0.15) is 0 Å². The van der Waals surface area contributed by atoms with Crippen LogP contribution in [0.15, 0.2) is 17.6 Å². The number of carbonyl (C=O) groups is 1. The summed E-state index contributed by atoms with van der Waals surface area (Å²) >= 11 is 1.66. The number of unbranched alkanes of at least 4 members (excludes halogenated alkanes) is 22. The highest BCUT2D eigenvalue weighted by molar-refractivity contribution is 8.13. The molecule has 0 aromatic rings. The third-order valence-electron chi connectivity index (χ3n) is 8.49. The summed E-state index contributed by atoms with van der Waals surface area (Å²) in [4.78, 5) is 20.4. The van der Waals surface area contributed by atoms with Crippen LogP contribution in [0, 0.1) is 0 Å². The van der Waals surface area contributed by atoms with Crippen molar-refractivity contribution in [1.82, 2.24) is 10.2 Å². The van der Waals surface area contributed by atoms with Crippen molar-refractivity contribution >= 4 is 23.0 Å². The molecule has 2 amide bonds. The maximum Gasteiger partial charge on any atom is 0.323 e. The van der Waals surface area contributed by atoms with Gasteiger partial charge in [-0.3, -0.25) is 9.89 Å². The number of amides is 2. The molecule has 1 atom stereocenters. The number of amidine groups is 1. The topological polar surface area (TPSA) is 44.7 Å². The lowest BCUT2D eigenvalue weighted by Crippen LogP contribution is -2.48. The molecule has 0 aliphatic heterocycles. The molecule has 0 radical (unpaired) electrons. The average Bonchev–Trinajstić information content (AvgIpc) is 3.00. The summed E-state index contributed by atoms with van der Waals surface area (Å²) in [7, 11) is 0. The van der Waals surface area contributed by atoms with Crippen LogP contribution in [0.1, 0.15) is 195 Å². The van der Waals surface area contributed by atoms with E-state index in [1.807, 2.05) is 11.0 Å². The Bertz CT molecular complexity index is 639. The molecule has 0 rings (SSSR count). The van der Waals surface area contributed by atoms with Gasteiger partial charge in [0.05, 0.1) is 0 Å². The van der Waals surface area contributed by atoms with Gasteiger partial charge < -0.3 is 5.32 Å². The highest BCUT2D eigenvalue weighted by atomic mass is 32.2. The van der Waals surface area contributed by atoms with Crippen LogP contribution in [0.5, 0.6) is 0 Å². The quantitative estimate of drug-likeness (QED) is 0.0362. The number of rotatable bonds is 31. The molecule has 0 heterocycles. The number of thioether (sulfide) groups is 1. The third-order valence-corrected chi connectivity index (χ3v) is 9.47. The molecule has 0 aromatic heterocycles. The van der Waals surface area contributed by atoms with Crippen molar-refractivity contribution in [1.29, 1.82) is 0 Å². The van der Waals surface area contributed by atoms with Crippen LogP contribution >= 0.6 is 11.8 Å². The maximum atomic E-state index is 13.5. The van der Waals surface area contributed by atoms with Gasteiger partial charge in [-0.1, -0.05) is 186 Å². The molecule has 5 heteroatoms. The van der Waals surface area contributed by atoms with Gasteiger partial charge in [0.25, 0.3) is 0 Å². The molecule has 43 heavy (non-hydrogen) atoms. The van der Waals surface area contributed by atoms with Crippen LogP contribution in [0.3, 0.4) is 0 Å². The van der Waals surface area contributed by atoms with E-state index in [-0.39, 0.29) is 12.1 Å². The van der Waals surface area contributed by atoms with E-state index >= 15 is 0 Å². The van der Waals surface area contributed by atoms with Crippen molar-refractivity contribution < 1.29 is 4.79 Å². The highest BCUT2D eigenvalue weighted by Gasteiger charge is 2.25. The second-order valence-electron chi connectivity index (χ2n) is 12.8. The molecular formula is C38H75N3OS. The van der Waals surface area contributed by atoms with Gasteiger partial charge in [-0.25, -0.2) is 4.79 Å². The van der Waals surface area contributed by atoms with Crippen molar-refractivity contribution in [2.24, 2.45) is 4.99 Å². The van der Waals surface area contributed by atoms with Crippen molar-refractivity contribution in [2.45, 2.75) is 201 Å². The van der Waals surface area contributed by atoms with Gasteiger partial charge in [0.2, 0.25) is 0 Å². The Morgan fingerprint density at radius 2 is 1.09 bits per heavy atom. The molecule has 1 unspecified atom stereocenters. The van der Waals surface area contributed by atoms with Gasteiger partial charge in [-0.05, 0) is 26.2 Å². The summed E-state index contributed by atoms with van der Waals surface area (Å²) in [6, 6.07) is 0.182. The van der Waals surface area contributed by atoms with Crippen LogP contribution in [0.4, 0.5) is 4.79 Å². The fourth-order valence-corrected chi connectivity index (χ4v) is 6.49. The molecular weight excluding hydrogens is 547 g/mol. The van der Waals surface area contributed by atoms with Crippen LogP contribution in [-0.4, -0.2) is 41.0 Å². The van der Waals surface area contributed by atoms with Crippen LogP contribution in [0.2, 0.25) is 0 Å². The Labute approximate surface area is 274 Å². The van der Waals surface area contributed by atoms with E-state index in [9.17, 15) is 4.79 Å². The second-order valence-corrected chi connectivity index (χ2v) is 13.8. The minimum atomic E-state index is 0.0308. The van der Waals surface area contributed by atoms with Crippen LogP contribution < -0.4 is 5.32 Å². The van der Waals surface area contributed by atoms with E-state index in [0.717, 1.165) is 49.7 Å². The lowest BCUT2D eigenvalue weighted by molar-refractivity contribution is 0.208. The molecule has 4 nitrogen and oxygen atoms in total. The summed E-state index contributed by atoms with van der Waals surface area (Å²) in [5.41, 5.74) is 0. The normalized spacial score (nSPS) is 12.4. The molecule has 254 valence electrons. The zero-order valence-corrected chi connectivity index (χ0v) is 30.4. The first kappa shape index (κ1) is 42.0. The van der Waals surface area contributed by atoms with Crippen LogP contribution in [-0.2, 0) is 0 Å². The first-order valence-electron chi connectivity index (χ1n) is 19.0. The molecule has 0 aliphatic carbocycles. The fraction of sp³-hybridized carbons (Fsp3) is 0.895. The molecule has 0 fully saturated rings. The van der Waals surface area contributed by atoms with E-state index in [1.54, 1.807) is 11.8 Å². The molecule has 0 spiro atoms. The van der Waals surface area contributed by atoms with Crippen molar-refractivity contribution in [3.63, 3.8) is 0 Å². The minimum Gasteiger partial charge on any atom is -0.338 e. The van der Waals surface area contributed by atoms with Gasteiger partial charge in [-0.15, -0.1) is 6.58 Å². The number of hydrogen-bond donors (Lipinski definition) is 1. The largest absolute Gasteiger partial charge is 0.338 e. The Morgan fingerprint density at radius 3 is 1.56 bits per heavy atom. The van der Waals surface area contributed by atoms with E-state index in [1.165, 1.54) is 141 Å². The highest BCUT2D eigenvalue weighted by Crippen LogP contribution is 2.19. The lowest BCUT2D eigenvalue weighted by atomic mass is 10.0. The number of aliphatic imine (C=N–C) groups is 1. The Kier molecular flexibility index (Phi) is 33.1. The summed E-state index contributed by atoms with van der Waals surface area (Å²) < 4.78 is 0. The average molecular weight is 622 g/mol. The number of nitrogens with one attached hydrogen (secondary N) is 1. The standard InChI is InChI=1S/C38H75N3OS/c1-6-10-13-15-17-18-19-20-21-22-23-24-25-26-28-30-33-39-37(42)41(36(5)32-29-12-8-3)38(43-35-9-4)40-34-31-27-16-14-11-7-2/h9,36H,4,6-8,10-35H2,1-3,5H3,(H,39,42). The van der Waals surface area contributed by atoms with Crippen molar-refractivity contribution in [3.05, 3.63) is 12.7 Å². The smallest absolute Gasteiger partial charge is 0.323 e. The zero-order valence-electron chi connectivity index (χ0n) is 29.6. The number of urea groups is 1. The van der Waals surface area contributed by atoms with Crippen molar-refractivity contribution in [2.75, 3.05) is 18.8 Å². The molecule has 0 saturated carbocycles. The molecule has 0 aliphatic rings. The first-order valence-corrected chi connectivity index (χ1v) is 20.0. The summed E-state index contributed by atoms with van der Waals surface area (Å²) in [5, 5.41) is 4.13. The Morgan fingerprint density at radius 1 is 0.674 bits per heavy atom. The third kappa shape index (κ3) is 27.1. The number of nitrogens with zero attached hydrogens (tertiary/aromatic N) is 2. The van der Waals surface area contributed by atoms with E-state index in [0.29, 0.717) is 0 Å². The summed E-state index contributed by atoms with van der Waals surface area (Å²) in [5.74, 6) is 0.778. The molecule has 1 N–H and O–H groups in total. The molecule has 0 aromatic carbocycles. The minimum absolute atomic E-state index is 0.0308. The Balaban J connectivity index is 4.40. The predicted octanol–water partition coefficient (Wildman–Crippen LogP) is 12.9. The SMILES string of the molecule is C=CCSC(=NCCCCCCCC)N(C(=O)NCCCCCCCCCCCCCCCCCC)C(C)CCCCC. The number of carbonyl (C=O) groups excluding carboxylic acids is 1. The molecule has 0 saturated heterocycles. The second kappa shape index (κ2) is 33.9. The molecule has 0 bridgehead atoms. The monoisotopic (exact) mass is 622 g/mol. The maximum absolute atomic E-state index is 13.5. The Hall–Kier alpha value is -0.970. The van der Waals surface area contributed by atoms with E-state index in [2.05, 4.69) is 39.6 Å². The van der Waals surface area contributed by atoms with Gasteiger partial charge in [0.1, 0.15) is 0 Å². The van der Waals surface area contributed by atoms with Gasteiger partial charge >= 0.3 is 6.03 Å². The fourth-order valence-electron chi connectivity index (χ4n) is 5.64. The summed E-state index contributed by atoms with van der Waals surface area (Å²) in [6.07, 6.45) is 35.9. The zero-order chi connectivity index (χ0) is 31.6. The van der Waals surface area contributed by atoms with Gasteiger partial charge in [0, 0.05) is 24.9 Å². The number of hydrogen-bond acceptors (Lipinski definition) is 3. The summed E-state index contributed by atoms with van der Waals surface area (Å²) in [6.45, 7) is 14.5. The van der Waals surface area contributed by atoms with Crippen LogP contribution in [0.25, 0.3) is 0 Å². The first-order chi connectivity index (χ1) is 21.1. The van der Waals surface area contributed by atoms with E-state index < -0.39 is 0 Å². The van der Waals surface area contributed by atoms with Gasteiger partial charge in [0.15, 0.2) is 5.17 Å². The van der Waals surface area contributed by atoms with E-state index in [4.69, 9.17) is 4.99 Å².